The molecule has 1 aliphatic heterocycles. The quantitative estimate of drug-likeness (QED) is 0.790. The van der Waals surface area contributed by atoms with E-state index >= 15 is 0 Å². The molecule has 2 heteroatoms. The molecule has 0 radical (unpaired) electrons. The predicted molar refractivity (Wildman–Crippen MR) is 82.5 cm³/mol. The summed E-state index contributed by atoms with van der Waals surface area (Å²) >= 11 is 4.55. The first-order valence-electron chi connectivity index (χ1n) is 7.12. The lowest BCUT2D eigenvalue weighted by molar-refractivity contribution is 0.198. The molecule has 100 valence electrons. The molecule has 0 N–H and O–H groups in total. The van der Waals surface area contributed by atoms with E-state index < -0.39 is 0 Å². The average Bonchev–Trinajstić information content (AvgIpc) is 2.85. The van der Waals surface area contributed by atoms with Crippen LogP contribution in [0.2, 0.25) is 0 Å². The minimum Gasteiger partial charge on any atom is -0.299 e. The number of rotatable bonds is 5. The van der Waals surface area contributed by atoms with Gasteiger partial charge in [-0.2, -0.15) is 12.6 Å². The van der Waals surface area contributed by atoms with E-state index in [9.17, 15) is 0 Å². The van der Waals surface area contributed by atoms with Gasteiger partial charge in [-0.15, -0.1) is 0 Å². The monoisotopic (exact) mass is 263 g/mol. The van der Waals surface area contributed by atoms with E-state index in [1.807, 2.05) is 0 Å². The molecule has 0 spiro atoms. The Hall–Kier alpha value is -0.470. The van der Waals surface area contributed by atoms with Crippen molar-refractivity contribution in [2.45, 2.75) is 38.6 Å². The largest absolute Gasteiger partial charge is 0.299 e. The first kappa shape index (κ1) is 14.0. The van der Waals surface area contributed by atoms with Crippen molar-refractivity contribution in [2.24, 2.45) is 5.92 Å². The van der Waals surface area contributed by atoms with Crippen LogP contribution in [-0.4, -0.2) is 29.8 Å². The Morgan fingerprint density at radius 2 is 2.00 bits per heavy atom. The van der Waals surface area contributed by atoms with Crippen LogP contribution in [0.25, 0.3) is 0 Å². The Labute approximate surface area is 117 Å². The lowest BCUT2D eigenvalue weighted by atomic mass is 9.97. The second-order valence-corrected chi connectivity index (χ2v) is 6.10. The predicted octanol–water partition coefficient (Wildman–Crippen LogP) is 3.82. The third-order valence-electron chi connectivity index (χ3n) is 4.13. The van der Waals surface area contributed by atoms with Gasteiger partial charge < -0.3 is 0 Å². The van der Waals surface area contributed by atoms with Crippen LogP contribution in [0.5, 0.6) is 0 Å². The summed E-state index contributed by atoms with van der Waals surface area (Å²) in [7, 11) is 0. The highest BCUT2D eigenvalue weighted by molar-refractivity contribution is 7.80. The second kappa shape index (κ2) is 6.63. The van der Waals surface area contributed by atoms with E-state index in [1.165, 1.54) is 24.9 Å². The summed E-state index contributed by atoms with van der Waals surface area (Å²) in [5, 5.41) is 0. The van der Waals surface area contributed by atoms with Gasteiger partial charge >= 0.3 is 0 Å². The summed E-state index contributed by atoms with van der Waals surface area (Å²) in [6.07, 6.45) is 2.72. The molecule has 1 aromatic rings. The van der Waals surface area contributed by atoms with Gasteiger partial charge in [0.25, 0.3) is 0 Å². The normalized spacial score (nSPS) is 22.6. The third-order valence-corrected chi connectivity index (χ3v) is 4.57. The van der Waals surface area contributed by atoms with Crippen molar-refractivity contribution in [1.82, 2.24) is 4.90 Å². The lowest BCUT2D eigenvalue weighted by Crippen LogP contribution is -2.36. The van der Waals surface area contributed by atoms with Gasteiger partial charge in [-0.3, -0.25) is 4.90 Å². The van der Waals surface area contributed by atoms with E-state index in [-0.39, 0.29) is 0 Å². The van der Waals surface area contributed by atoms with E-state index in [0.29, 0.717) is 5.92 Å². The number of hydrogen-bond donors (Lipinski definition) is 1. The molecule has 1 nitrogen and oxygen atoms in total. The highest BCUT2D eigenvalue weighted by atomic mass is 32.1. The molecule has 1 aromatic carbocycles. The zero-order valence-corrected chi connectivity index (χ0v) is 12.4. The van der Waals surface area contributed by atoms with Crippen molar-refractivity contribution in [3.63, 3.8) is 0 Å². The van der Waals surface area contributed by atoms with Crippen LogP contribution < -0.4 is 0 Å². The van der Waals surface area contributed by atoms with Gasteiger partial charge in [0.15, 0.2) is 0 Å². The molecule has 0 aromatic heterocycles. The van der Waals surface area contributed by atoms with Crippen LogP contribution in [0.15, 0.2) is 30.3 Å². The second-order valence-electron chi connectivity index (χ2n) is 5.74. The van der Waals surface area contributed by atoms with Gasteiger partial charge in [0.05, 0.1) is 0 Å². The molecule has 0 amide bonds. The Kier molecular flexibility index (Phi) is 5.13. The number of thiol groups is 1. The average molecular weight is 263 g/mol. The van der Waals surface area contributed by atoms with Crippen molar-refractivity contribution in [3.05, 3.63) is 35.9 Å². The van der Waals surface area contributed by atoms with Crippen LogP contribution in [-0.2, 0) is 0 Å². The molecule has 1 saturated heterocycles. The van der Waals surface area contributed by atoms with Gasteiger partial charge in [0.1, 0.15) is 0 Å². The number of hydrogen-bond acceptors (Lipinski definition) is 2. The minimum absolute atomic E-state index is 0.564. The van der Waals surface area contributed by atoms with Crippen molar-refractivity contribution < 1.29 is 0 Å². The summed E-state index contributed by atoms with van der Waals surface area (Å²) in [6.45, 7) is 7.12. The Morgan fingerprint density at radius 1 is 1.28 bits per heavy atom. The maximum atomic E-state index is 4.55. The topological polar surface area (TPSA) is 3.24 Å². The van der Waals surface area contributed by atoms with Crippen LogP contribution in [0.4, 0.5) is 0 Å². The van der Waals surface area contributed by atoms with E-state index in [2.05, 4.69) is 61.7 Å². The number of likely N-dealkylation sites (tertiary alicyclic amines) is 1. The maximum Gasteiger partial charge on any atom is 0.0119 e. The van der Waals surface area contributed by atoms with Crippen molar-refractivity contribution in [2.75, 3.05) is 18.8 Å². The van der Waals surface area contributed by atoms with E-state index in [4.69, 9.17) is 0 Å². The van der Waals surface area contributed by atoms with Gasteiger partial charge in [-0.1, -0.05) is 44.2 Å². The van der Waals surface area contributed by atoms with Crippen molar-refractivity contribution >= 4 is 12.6 Å². The molecule has 18 heavy (non-hydrogen) atoms. The highest BCUT2D eigenvalue weighted by Crippen LogP contribution is 2.27. The zero-order chi connectivity index (χ0) is 13.0. The Balaban J connectivity index is 2.02. The van der Waals surface area contributed by atoms with Gasteiger partial charge in [-0.05, 0) is 36.6 Å². The molecular formula is C16H25NS. The number of nitrogens with zero attached hydrogens (tertiary/aromatic N) is 1. The first-order chi connectivity index (χ1) is 8.72. The van der Waals surface area contributed by atoms with Gasteiger partial charge in [-0.25, -0.2) is 0 Å². The van der Waals surface area contributed by atoms with Crippen molar-refractivity contribution in [1.29, 1.82) is 0 Å². The first-order valence-corrected chi connectivity index (χ1v) is 7.75. The van der Waals surface area contributed by atoms with Crippen LogP contribution in [0.1, 0.15) is 38.2 Å². The summed E-state index contributed by atoms with van der Waals surface area (Å²) in [6, 6.07) is 11.6. The summed E-state index contributed by atoms with van der Waals surface area (Å²) in [5.41, 5.74) is 1.43. The van der Waals surface area contributed by atoms with Crippen LogP contribution in [0, 0.1) is 5.92 Å². The van der Waals surface area contributed by atoms with E-state index in [1.54, 1.807) is 0 Å². The zero-order valence-electron chi connectivity index (χ0n) is 11.5. The molecule has 0 bridgehead atoms. The Bertz CT molecular complexity index is 349. The molecule has 0 aliphatic carbocycles. The molecule has 1 heterocycles. The fourth-order valence-electron chi connectivity index (χ4n) is 3.11. The van der Waals surface area contributed by atoms with Crippen LogP contribution in [0.3, 0.4) is 0 Å². The van der Waals surface area contributed by atoms with Gasteiger partial charge in [0, 0.05) is 18.5 Å². The van der Waals surface area contributed by atoms with E-state index in [0.717, 1.165) is 24.3 Å². The molecule has 1 fully saturated rings. The third kappa shape index (κ3) is 3.30. The van der Waals surface area contributed by atoms with Gasteiger partial charge in [0.2, 0.25) is 0 Å². The summed E-state index contributed by atoms with van der Waals surface area (Å²) < 4.78 is 0. The molecule has 1 aliphatic rings. The summed E-state index contributed by atoms with van der Waals surface area (Å²) in [5.74, 6) is 2.27. The molecule has 2 rings (SSSR count). The fraction of sp³-hybridized carbons (Fsp3) is 0.625. The fourth-order valence-corrected chi connectivity index (χ4v) is 3.44. The minimum atomic E-state index is 0.564. The van der Waals surface area contributed by atoms with Crippen molar-refractivity contribution in [3.8, 4) is 0 Å². The Morgan fingerprint density at radius 3 is 2.61 bits per heavy atom. The molecule has 2 unspecified atom stereocenters. The smallest absolute Gasteiger partial charge is 0.0119 e. The SMILES string of the molecule is CC(C)C1CCCN1CC(CS)c1ccccc1. The van der Waals surface area contributed by atoms with Crippen LogP contribution >= 0.6 is 12.6 Å². The maximum absolute atomic E-state index is 4.55. The molecular weight excluding hydrogens is 238 g/mol. The molecule has 0 saturated carbocycles. The standard InChI is InChI=1S/C16H25NS/c1-13(2)16-9-6-10-17(16)11-15(12-18)14-7-4-3-5-8-14/h3-5,7-8,13,15-16,18H,6,9-12H2,1-2H3. The number of benzene rings is 1. The lowest BCUT2D eigenvalue weighted by Gasteiger charge is -2.31. The summed E-state index contributed by atoms with van der Waals surface area (Å²) in [4.78, 5) is 2.68. The molecule has 2 atom stereocenters. The highest BCUT2D eigenvalue weighted by Gasteiger charge is 2.28.